The van der Waals surface area contributed by atoms with E-state index in [-0.39, 0.29) is 11.5 Å². The summed E-state index contributed by atoms with van der Waals surface area (Å²) in [5.74, 6) is 1.01. The topological polar surface area (TPSA) is 33.4 Å². The molecule has 1 saturated carbocycles. The van der Waals surface area contributed by atoms with E-state index in [2.05, 4.69) is 6.92 Å². The van der Waals surface area contributed by atoms with Crippen LogP contribution in [0.25, 0.3) is 0 Å². The highest BCUT2D eigenvalue weighted by Crippen LogP contribution is 2.40. The maximum absolute atomic E-state index is 9.42. The van der Waals surface area contributed by atoms with E-state index in [1.54, 1.807) is 6.26 Å². The number of aliphatic hydroxyl groups is 1. The first-order valence-corrected chi connectivity index (χ1v) is 4.43. The van der Waals surface area contributed by atoms with Crippen LogP contribution in [0.15, 0.2) is 22.8 Å². The molecule has 66 valence electrons. The molecule has 2 atom stereocenters. The van der Waals surface area contributed by atoms with Gasteiger partial charge in [-0.15, -0.1) is 0 Å². The molecule has 1 aliphatic carbocycles. The summed E-state index contributed by atoms with van der Waals surface area (Å²) in [5, 5.41) is 9.42. The maximum atomic E-state index is 9.42. The van der Waals surface area contributed by atoms with Crippen LogP contribution < -0.4 is 0 Å². The third-order valence-electron chi connectivity index (χ3n) is 2.83. The predicted octanol–water partition coefficient (Wildman–Crippen LogP) is 2.08. The molecule has 0 bridgehead atoms. The Labute approximate surface area is 72.2 Å². The molecule has 0 aliphatic heterocycles. The molecule has 2 nitrogen and oxygen atoms in total. The zero-order chi connectivity index (χ0) is 8.60. The average Bonchev–Trinajstić information content (AvgIpc) is 2.59. The second-order valence-electron chi connectivity index (χ2n) is 3.93. The van der Waals surface area contributed by atoms with E-state index in [4.69, 9.17) is 4.42 Å². The first kappa shape index (κ1) is 7.87. The van der Waals surface area contributed by atoms with E-state index in [1.807, 2.05) is 12.1 Å². The fourth-order valence-corrected chi connectivity index (χ4v) is 2.06. The molecule has 0 aromatic carbocycles. The monoisotopic (exact) mass is 166 g/mol. The van der Waals surface area contributed by atoms with E-state index >= 15 is 0 Å². The molecule has 2 heteroatoms. The van der Waals surface area contributed by atoms with Crippen LogP contribution in [0.5, 0.6) is 0 Å². The van der Waals surface area contributed by atoms with Crippen LogP contribution >= 0.6 is 0 Å². The molecule has 0 spiro atoms. The summed E-state index contributed by atoms with van der Waals surface area (Å²) >= 11 is 0. The van der Waals surface area contributed by atoms with E-state index < -0.39 is 0 Å². The van der Waals surface area contributed by atoms with Crippen LogP contribution in [-0.4, -0.2) is 11.2 Å². The van der Waals surface area contributed by atoms with Gasteiger partial charge in [0.05, 0.1) is 12.4 Å². The molecule has 1 heterocycles. The molecular formula is C10H14O2. The number of aliphatic hydroxyl groups excluding tert-OH is 1. The summed E-state index contributed by atoms with van der Waals surface area (Å²) in [6.07, 6.45) is 4.32. The fraction of sp³-hybridized carbons (Fsp3) is 0.600. The Morgan fingerprint density at radius 1 is 1.67 bits per heavy atom. The van der Waals surface area contributed by atoms with E-state index in [0.717, 1.165) is 25.0 Å². The largest absolute Gasteiger partial charge is 0.469 e. The Bertz CT molecular complexity index is 253. The molecule has 1 aromatic heterocycles. The summed E-state index contributed by atoms with van der Waals surface area (Å²) in [6, 6.07) is 3.91. The fourth-order valence-electron chi connectivity index (χ4n) is 2.06. The molecule has 2 unspecified atom stereocenters. The summed E-state index contributed by atoms with van der Waals surface area (Å²) < 4.78 is 5.36. The quantitative estimate of drug-likeness (QED) is 0.693. The van der Waals surface area contributed by atoms with Gasteiger partial charge in [-0.2, -0.15) is 0 Å². The lowest BCUT2D eigenvalue weighted by Crippen LogP contribution is -2.17. The van der Waals surface area contributed by atoms with Crippen LogP contribution in [0, 0.1) is 0 Å². The first-order chi connectivity index (χ1) is 5.71. The van der Waals surface area contributed by atoms with Crippen molar-refractivity contribution in [2.24, 2.45) is 0 Å². The highest BCUT2D eigenvalue weighted by atomic mass is 16.3. The second-order valence-corrected chi connectivity index (χ2v) is 3.93. The van der Waals surface area contributed by atoms with Gasteiger partial charge in [0.15, 0.2) is 0 Å². The number of rotatable bonds is 1. The molecule has 12 heavy (non-hydrogen) atoms. The van der Waals surface area contributed by atoms with Crippen molar-refractivity contribution in [3.05, 3.63) is 24.2 Å². The van der Waals surface area contributed by atoms with Crippen LogP contribution in [-0.2, 0) is 5.41 Å². The molecule has 1 fully saturated rings. The average molecular weight is 166 g/mol. The van der Waals surface area contributed by atoms with E-state index in [1.165, 1.54) is 0 Å². The SMILES string of the molecule is CC1(c2ccco2)CCC(O)C1. The number of hydrogen-bond acceptors (Lipinski definition) is 2. The summed E-state index contributed by atoms with van der Waals surface area (Å²) in [5.41, 5.74) is 0.0723. The van der Waals surface area contributed by atoms with Crippen molar-refractivity contribution in [3.63, 3.8) is 0 Å². The minimum atomic E-state index is -0.139. The van der Waals surface area contributed by atoms with Crippen molar-refractivity contribution in [3.8, 4) is 0 Å². The van der Waals surface area contributed by atoms with E-state index in [9.17, 15) is 5.11 Å². The van der Waals surface area contributed by atoms with Gasteiger partial charge in [0.2, 0.25) is 0 Å². The van der Waals surface area contributed by atoms with Crippen molar-refractivity contribution in [2.75, 3.05) is 0 Å². The Morgan fingerprint density at radius 3 is 3.00 bits per heavy atom. The molecule has 0 saturated heterocycles. The summed E-state index contributed by atoms with van der Waals surface area (Å²) in [7, 11) is 0. The van der Waals surface area contributed by atoms with Crippen molar-refractivity contribution < 1.29 is 9.52 Å². The van der Waals surface area contributed by atoms with E-state index in [0.29, 0.717) is 0 Å². The minimum absolute atomic E-state index is 0.0723. The summed E-state index contributed by atoms with van der Waals surface area (Å²) in [6.45, 7) is 2.15. The zero-order valence-corrected chi connectivity index (χ0v) is 7.29. The van der Waals surface area contributed by atoms with Gasteiger partial charge in [-0.1, -0.05) is 6.92 Å². The predicted molar refractivity (Wildman–Crippen MR) is 45.9 cm³/mol. The van der Waals surface area contributed by atoms with Gasteiger partial charge in [0.1, 0.15) is 5.76 Å². The lowest BCUT2D eigenvalue weighted by molar-refractivity contribution is 0.172. The van der Waals surface area contributed by atoms with Crippen LogP contribution in [0.4, 0.5) is 0 Å². The highest BCUT2D eigenvalue weighted by Gasteiger charge is 2.37. The lowest BCUT2D eigenvalue weighted by Gasteiger charge is -2.19. The van der Waals surface area contributed by atoms with Crippen molar-refractivity contribution in [1.82, 2.24) is 0 Å². The van der Waals surface area contributed by atoms with Gasteiger partial charge >= 0.3 is 0 Å². The normalized spacial score (nSPS) is 35.7. The van der Waals surface area contributed by atoms with Gasteiger partial charge in [0.25, 0.3) is 0 Å². The van der Waals surface area contributed by atoms with Gasteiger partial charge in [-0.3, -0.25) is 0 Å². The maximum Gasteiger partial charge on any atom is 0.109 e. The Hall–Kier alpha value is -0.760. The van der Waals surface area contributed by atoms with Crippen molar-refractivity contribution >= 4 is 0 Å². The van der Waals surface area contributed by atoms with Gasteiger partial charge in [0, 0.05) is 5.41 Å². The Balaban J connectivity index is 2.23. The Morgan fingerprint density at radius 2 is 2.50 bits per heavy atom. The minimum Gasteiger partial charge on any atom is -0.469 e. The smallest absolute Gasteiger partial charge is 0.109 e. The molecule has 1 N–H and O–H groups in total. The number of hydrogen-bond donors (Lipinski definition) is 1. The second kappa shape index (κ2) is 2.63. The standard InChI is InChI=1S/C10H14O2/c1-10(5-4-8(11)7-10)9-3-2-6-12-9/h2-3,6,8,11H,4-5,7H2,1H3. The number of furan rings is 1. The zero-order valence-electron chi connectivity index (χ0n) is 7.29. The van der Waals surface area contributed by atoms with Crippen LogP contribution in [0.2, 0.25) is 0 Å². The van der Waals surface area contributed by atoms with Gasteiger partial charge in [-0.25, -0.2) is 0 Å². The van der Waals surface area contributed by atoms with Gasteiger partial charge < -0.3 is 9.52 Å². The third kappa shape index (κ3) is 1.16. The molecule has 0 amide bonds. The van der Waals surface area contributed by atoms with Crippen LogP contribution in [0.3, 0.4) is 0 Å². The lowest BCUT2D eigenvalue weighted by atomic mass is 9.86. The van der Waals surface area contributed by atoms with Crippen molar-refractivity contribution in [2.45, 2.75) is 37.7 Å². The molecule has 1 aliphatic rings. The first-order valence-electron chi connectivity index (χ1n) is 4.43. The molecule has 2 rings (SSSR count). The summed E-state index contributed by atoms with van der Waals surface area (Å²) in [4.78, 5) is 0. The van der Waals surface area contributed by atoms with Crippen molar-refractivity contribution in [1.29, 1.82) is 0 Å². The Kier molecular flexibility index (Phi) is 1.72. The van der Waals surface area contributed by atoms with Gasteiger partial charge in [-0.05, 0) is 31.4 Å². The molecule has 1 aromatic rings. The molecular weight excluding hydrogens is 152 g/mol. The molecule has 0 radical (unpaired) electrons. The third-order valence-corrected chi connectivity index (χ3v) is 2.83. The van der Waals surface area contributed by atoms with Crippen LogP contribution in [0.1, 0.15) is 31.9 Å². The highest BCUT2D eigenvalue weighted by molar-refractivity contribution is 5.15.